The number of hydrogen-bond donors (Lipinski definition) is 1. The average molecular weight is 373 g/mol. The van der Waals surface area contributed by atoms with Gasteiger partial charge < -0.3 is 5.32 Å². The summed E-state index contributed by atoms with van der Waals surface area (Å²) >= 11 is 6.09. The van der Waals surface area contributed by atoms with Crippen molar-refractivity contribution in [2.45, 2.75) is 58.7 Å². The van der Waals surface area contributed by atoms with Crippen LogP contribution < -0.4 is 5.32 Å². The standard InChI is InChI=1S/C21H29ClN4/c1-15(2)19-5-4-8-24-21(19)14-26(18-6-9-23-10-7-18)13-20-16(3)11-17(22)12-25-20/h4-5,8,11-12,15,18,23H,6-7,9-10,13-14H2,1-3H3. The Kier molecular flexibility index (Phi) is 6.63. The topological polar surface area (TPSA) is 41.1 Å². The Bertz CT molecular complexity index is 726. The zero-order chi connectivity index (χ0) is 18.5. The van der Waals surface area contributed by atoms with Crippen LogP contribution in [0.5, 0.6) is 0 Å². The summed E-state index contributed by atoms with van der Waals surface area (Å²) in [6.07, 6.45) is 5.99. The Morgan fingerprint density at radius 3 is 2.62 bits per heavy atom. The van der Waals surface area contributed by atoms with Gasteiger partial charge in [0.05, 0.1) is 16.4 Å². The fourth-order valence-corrected chi connectivity index (χ4v) is 3.93. The number of hydrogen-bond acceptors (Lipinski definition) is 4. The van der Waals surface area contributed by atoms with Crippen LogP contribution in [-0.2, 0) is 13.1 Å². The molecule has 1 fully saturated rings. The van der Waals surface area contributed by atoms with Crippen molar-refractivity contribution in [1.82, 2.24) is 20.2 Å². The summed E-state index contributed by atoms with van der Waals surface area (Å²) in [6.45, 7) is 10.4. The van der Waals surface area contributed by atoms with Gasteiger partial charge in [-0.2, -0.15) is 0 Å². The van der Waals surface area contributed by atoms with Gasteiger partial charge in [0.25, 0.3) is 0 Å². The molecule has 0 unspecified atom stereocenters. The number of pyridine rings is 2. The lowest BCUT2D eigenvalue weighted by atomic mass is 9.99. The molecule has 5 heteroatoms. The monoisotopic (exact) mass is 372 g/mol. The maximum Gasteiger partial charge on any atom is 0.0592 e. The second-order valence-corrected chi connectivity index (χ2v) is 7.93. The molecule has 0 aromatic carbocycles. The quantitative estimate of drug-likeness (QED) is 0.820. The largest absolute Gasteiger partial charge is 0.317 e. The van der Waals surface area contributed by atoms with Gasteiger partial charge in [-0.05, 0) is 62.0 Å². The number of aromatic nitrogens is 2. The SMILES string of the molecule is Cc1cc(Cl)cnc1CN(Cc1ncccc1C(C)C)C1CCNCC1. The van der Waals surface area contributed by atoms with E-state index in [-0.39, 0.29) is 0 Å². The van der Waals surface area contributed by atoms with Gasteiger partial charge >= 0.3 is 0 Å². The van der Waals surface area contributed by atoms with E-state index in [9.17, 15) is 0 Å². The molecule has 1 aliphatic heterocycles. The molecule has 2 aromatic heterocycles. The summed E-state index contributed by atoms with van der Waals surface area (Å²) in [7, 11) is 0. The van der Waals surface area contributed by atoms with Crippen LogP contribution in [-0.4, -0.2) is 34.0 Å². The predicted molar refractivity (Wildman–Crippen MR) is 107 cm³/mol. The third-order valence-electron chi connectivity index (χ3n) is 5.23. The Morgan fingerprint density at radius 1 is 1.19 bits per heavy atom. The molecule has 3 heterocycles. The molecular formula is C21H29ClN4. The van der Waals surface area contributed by atoms with Crippen molar-refractivity contribution >= 4 is 11.6 Å². The van der Waals surface area contributed by atoms with Crippen LogP contribution in [0.25, 0.3) is 0 Å². The third-order valence-corrected chi connectivity index (χ3v) is 5.44. The fourth-order valence-electron chi connectivity index (χ4n) is 3.71. The highest BCUT2D eigenvalue weighted by atomic mass is 35.5. The van der Waals surface area contributed by atoms with Gasteiger partial charge in [0.2, 0.25) is 0 Å². The van der Waals surface area contributed by atoms with E-state index in [1.807, 2.05) is 18.3 Å². The molecule has 0 radical (unpaired) electrons. The van der Waals surface area contributed by atoms with E-state index in [1.54, 1.807) is 6.20 Å². The highest BCUT2D eigenvalue weighted by Gasteiger charge is 2.24. The molecule has 0 spiro atoms. The van der Waals surface area contributed by atoms with Crippen LogP contribution in [0.2, 0.25) is 5.02 Å². The van der Waals surface area contributed by atoms with Crippen LogP contribution in [0, 0.1) is 6.92 Å². The second-order valence-electron chi connectivity index (χ2n) is 7.50. The van der Waals surface area contributed by atoms with Gasteiger partial charge in [0.15, 0.2) is 0 Å². The summed E-state index contributed by atoms with van der Waals surface area (Å²) in [4.78, 5) is 11.9. The second kappa shape index (κ2) is 8.94. The van der Waals surface area contributed by atoms with Gasteiger partial charge in [-0.15, -0.1) is 0 Å². The highest BCUT2D eigenvalue weighted by Crippen LogP contribution is 2.24. The first kappa shape index (κ1) is 19.3. The molecule has 0 amide bonds. The van der Waals surface area contributed by atoms with E-state index in [0.717, 1.165) is 50.3 Å². The molecule has 1 saturated heterocycles. The molecule has 0 atom stereocenters. The minimum Gasteiger partial charge on any atom is -0.317 e. The number of halogens is 1. The van der Waals surface area contributed by atoms with E-state index in [2.05, 4.69) is 42.0 Å². The summed E-state index contributed by atoms with van der Waals surface area (Å²) in [5.74, 6) is 0.476. The van der Waals surface area contributed by atoms with Gasteiger partial charge in [0, 0.05) is 31.5 Å². The first-order valence-electron chi connectivity index (χ1n) is 9.54. The lowest BCUT2D eigenvalue weighted by molar-refractivity contribution is 0.141. The Labute approximate surface area is 162 Å². The van der Waals surface area contributed by atoms with E-state index >= 15 is 0 Å². The summed E-state index contributed by atoms with van der Waals surface area (Å²) in [5.41, 5.74) is 4.79. The Hall–Kier alpha value is -1.49. The number of nitrogens with one attached hydrogen (secondary N) is 1. The molecule has 2 aromatic rings. The zero-order valence-corrected chi connectivity index (χ0v) is 16.8. The van der Waals surface area contributed by atoms with Crippen molar-refractivity contribution in [3.8, 4) is 0 Å². The molecule has 26 heavy (non-hydrogen) atoms. The molecular weight excluding hydrogens is 344 g/mol. The van der Waals surface area contributed by atoms with Crippen molar-refractivity contribution in [1.29, 1.82) is 0 Å². The third kappa shape index (κ3) is 4.81. The van der Waals surface area contributed by atoms with E-state index in [0.29, 0.717) is 17.0 Å². The van der Waals surface area contributed by atoms with Crippen molar-refractivity contribution < 1.29 is 0 Å². The Balaban J connectivity index is 1.86. The number of aryl methyl sites for hydroxylation is 1. The summed E-state index contributed by atoms with van der Waals surface area (Å²) in [6, 6.07) is 6.80. The van der Waals surface area contributed by atoms with Crippen LogP contribution in [0.3, 0.4) is 0 Å². The van der Waals surface area contributed by atoms with Crippen LogP contribution >= 0.6 is 11.6 Å². The molecule has 140 valence electrons. The normalized spacial score (nSPS) is 15.8. The Morgan fingerprint density at radius 2 is 1.92 bits per heavy atom. The minimum atomic E-state index is 0.476. The average Bonchev–Trinajstić information content (AvgIpc) is 2.64. The molecule has 0 saturated carbocycles. The summed E-state index contributed by atoms with van der Waals surface area (Å²) in [5, 5.41) is 4.17. The van der Waals surface area contributed by atoms with Crippen molar-refractivity contribution in [3.63, 3.8) is 0 Å². The van der Waals surface area contributed by atoms with Crippen molar-refractivity contribution in [3.05, 3.63) is 58.1 Å². The maximum absolute atomic E-state index is 6.09. The predicted octanol–water partition coefficient (Wildman–Crippen LogP) is 4.32. The molecule has 0 aliphatic carbocycles. The zero-order valence-electron chi connectivity index (χ0n) is 16.0. The van der Waals surface area contributed by atoms with E-state index in [1.165, 1.54) is 11.3 Å². The number of piperidine rings is 1. The van der Waals surface area contributed by atoms with Crippen LogP contribution in [0.4, 0.5) is 0 Å². The molecule has 1 N–H and O–H groups in total. The molecule has 0 bridgehead atoms. The first-order valence-corrected chi connectivity index (χ1v) is 9.92. The highest BCUT2D eigenvalue weighted by molar-refractivity contribution is 6.30. The molecule has 3 rings (SSSR count). The van der Waals surface area contributed by atoms with E-state index in [4.69, 9.17) is 16.6 Å². The van der Waals surface area contributed by atoms with Gasteiger partial charge in [0.1, 0.15) is 0 Å². The summed E-state index contributed by atoms with van der Waals surface area (Å²) < 4.78 is 0. The van der Waals surface area contributed by atoms with Gasteiger partial charge in [-0.25, -0.2) is 0 Å². The van der Waals surface area contributed by atoms with Crippen molar-refractivity contribution in [2.75, 3.05) is 13.1 Å². The first-order chi connectivity index (χ1) is 12.5. The maximum atomic E-state index is 6.09. The molecule has 1 aliphatic rings. The smallest absolute Gasteiger partial charge is 0.0592 e. The van der Waals surface area contributed by atoms with E-state index < -0.39 is 0 Å². The van der Waals surface area contributed by atoms with Gasteiger partial charge in [-0.1, -0.05) is 31.5 Å². The lowest BCUT2D eigenvalue weighted by Gasteiger charge is -2.35. The fraction of sp³-hybridized carbons (Fsp3) is 0.524. The molecule has 4 nitrogen and oxygen atoms in total. The number of rotatable bonds is 6. The van der Waals surface area contributed by atoms with Crippen LogP contribution in [0.15, 0.2) is 30.6 Å². The van der Waals surface area contributed by atoms with Crippen LogP contribution in [0.1, 0.15) is 55.1 Å². The minimum absolute atomic E-state index is 0.476. The van der Waals surface area contributed by atoms with Crippen molar-refractivity contribution in [2.24, 2.45) is 0 Å². The van der Waals surface area contributed by atoms with Gasteiger partial charge in [-0.3, -0.25) is 14.9 Å². The number of nitrogens with zero attached hydrogens (tertiary/aromatic N) is 3. The lowest BCUT2D eigenvalue weighted by Crippen LogP contribution is -2.43.